The molecule has 1 aromatic carbocycles. The number of nitrogen functional groups attached to an aromatic ring is 1. The van der Waals surface area contributed by atoms with Gasteiger partial charge in [-0.15, -0.1) is 10.2 Å². The molecule has 160 valence electrons. The van der Waals surface area contributed by atoms with E-state index in [0.29, 0.717) is 22.6 Å². The number of hydrogen-bond donors (Lipinski definition) is 2. The Hall–Kier alpha value is -3.01. The molecule has 3 N–H and O–H groups in total. The SMILES string of the molecule is Cc1cc(NC(=O)C(C)Sc2nnc(COc3ccc(C(C)(C)C)cc3)n2N)no1. The van der Waals surface area contributed by atoms with E-state index in [1.165, 1.54) is 22.0 Å². The van der Waals surface area contributed by atoms with E-state index < -0.39 is 5.25 Å². The highest BCUT2D eigenvalue weighted by Gasteiger charge is 2.20. The van der Waals surface area contributed by atoms with Gasteiger partial charge in [0.1, 0.15) is 18.1 Å². The van der Waals surface area contributed by atoms with Crippen molar-refractivity contribution >= 4 is 23.5 Å². The zero-order valence-corrected chi connectivity index (χ0v) is 18.5. The fourth-order valence-corrected chi connectivity index (χ4v) is 3.34. The Bertz CT molecular complexity index is 1010. The van der Waals surface area contributed by atoms with Crippen LogP contribution in [0.25, 0.3) is 0 Å². The summed E-state index contributed by atoms with van der Waals surface area (Å²) < 4.78 is 12.0. The van der Waals surface area contributed by atoms with E-state index in [1.807, 2.05) is 24.3 Å². The molecule has 1 atom stereocenters. The Kier molecular flexibility index (Phi) is 6.35. The topological polar surface area (TPSA) is 121 Å². The summed E-state index contributed by atoms with van der Waals surface area (Å²) in [6.07, 6.45) is 0. The van der Waals surface area contributed by atoms with Gasteiger partial charge < -0.3 is 20.4 Å². The number of benzene rings is 1. The average Bonchev–Trinajstić information content (AvgIpc) is 3.25. The number of nitrogens with one attached hydrogen (secondary N) is 1. The number of carbonyl (C=O) groups excluding carboxylic acids is 1. The molecule has 0 saturated heterocycles. The maximum absolute atomic E-state index is 12.3. The summed E-state index contributed by atoms with van der Waals surface area (Å²) in [4.78, 5) is 12.3. The van der Waals surface area contributed by atoms with Crippen LogP contribution < -0.4 is 15.9 Å². The maximum Gasteiger partial charge on any atom is 0.238 e. The van der Waals surface area contributed by atoms with Gasteiger partial charge in [0.2, 0.25) is 11.1 Å². The second-order valence-corrected chi connectivity index (χ2v) is 9.21. The fraction of sp³-hybridized carbons (Fsp3) is 0.400. The van der Waals surface area contributed by atoms with Crippen LogP contribution in [0.3, 0.4) is 0 Å². The third-order valence-corrected chi connectivity index (χ3v) is 5.41. The van der Waals surface area contributed by atoms with Crippen LogP contribution in [0.2, 0.25) is 0 Å². The molecule has 0 fully saturated rings. The second-order valence-electron chi connectivity index (χ2n) is 7.90. The van der Waals surface area contributed by atoms with Crippen LogP contribution in [0.5, 0.6) is 5.75 Å². The highest BCUT2D eigenvalue weighted by atomic mass is 32.2. The largest absolute Gasteiger partial charge is 0.486 e. The van der Waals surface area contributed by atoms with Crippen LogP contribution in [-0.2, 0) is 16.8 Å². The first-order valence-corrected chi connectivity index (χ1v) is 10.3. The number of aryl methyl sites for hydroxylation is 1. The molecular weight excluding hydrogens is 404 g/mol. The predicted octanol–water partition coefficient (Wildman–Crippen LogP) is 3.28. The Morgan fingerprint density at radius 2 is 2.00 bits per heavy atom. The summed E-state index contributed by atoms with van der Waals surface area (Å²) >= 11 is 1.19. The number of amides is 1. The Labute approximate surface area is 179 Å². The molecule has 1 amide bonds. The molecule has 2 heterocycles. The zero-order valence-electron chi connectivity index (χ0n) is 17.7. The number of ether oxygens (including phenoxy) is 1. The standard InChI is InChI=1S/C20H26N6O3S/c1-12-10-16(25-29-12)22-18(27)13(2)30-19-24-23-17(26(19)21)11-28-15-8-6-14(7-9-15)20(3,4)5/h6-10,13H,11,21H2,1-5H3,(H,22,25,27). The Balaban J connectivity index is 1.56. The van der Waals surface area contributed by atoms with E-state index in [4.69, 9.17) is 15.1 Å². The molecule has 0 aliphatic rings. The number of thioether (sulfide) groups is 1. The number of nitrogens with zero attached hydrogens (tertiary/aromatic N) is 4. The van der Waals surface area contributed by atoms with E-state index in [9.17, 15) is 4.79 Å². The third kappa shape index (κ3) is 5.32. The molecule has 1 unspecified atom stereocenters. The molecule has 3 rings (SSSR count). The quantitative estimate of drug-likeness (QED) is 0.433. The molecule has 0 saturated carbocycles. The van der Waals surface area contributed by atoms with Crippen molar-refractivity contribution in [2.45, 2.75) is 57.0 Å². The summed E-state index contributed by atoms with van der Waals surface area (Å²) in [6.45, 7) is 10.1. The Morgan fingerprint density at radius 3 is 2.60 bits per heavy atom. The van der Waals surface area contributed by atoms with E-state index >= 15 is 0 Å². The van der Waals surface area contributed by atoms with Gasteiger partial charge >= 0.3 is 0 Å². The summed E-state index contributed by atoms with van der Waals surface area (Å²) in [5, 5.41) is 14.5. The maximum atomic E-state index is 12.3. The number of rotatable bonds is 7. The van der Waals surface area contributed by atoms with Crippen molar-refractivity contribution < 1.29 is 14.1 Å². The lowest BCUT2D eigenvalue weighted by molar-refractivity contribution is -0.115. The van der Waals surface area contributed by atoms with Gasteiger partial charge in [0.15, 0.2) is 11.6 Å². The first-order chi connectivity index (χ1) is 14.1. The lowest BCUT2D eigenvalue weighted by Gasteiger charge is -2.19. The highest BCUT2D eigenvalue weighted by Crippen LogP contribution is 2.25. The van der Waals surface area contributed by atoms with Crippen LogP contribution in [0, 0.1) is 6.92 Å². The molecular formula is C20H26N6O3S. The lowest BCUT2D eigenvalue weighted by atomic mass is 9.87. The van der Waals surface area contributed by atoms with Gasteiger partial charge in [-0.3, -0.25) is 4.79 Å². The molecule has 0 aliphatic carbocycles. The third-order valence-electron chi connectivity index (χ3n) is 4.35. The van der Waals surface area contributed by atoms with E-state index in [2.05, 4.69) is 41.4 Å². The molecule has 0 aliphatic heterocycles. The number of aromatic nitrogens is 4. The van der Waals surface area contributed by atoms with Crippen LogP contribution >= 0.6 is 11.8 Å². The normalized spacial score (nSPS) is 12.6. The van der Waals surface area contributed by atoms with Crippen molar-refractivity contribution in [2.75, 3.05) is 11.2 Å². The minimum absolute atomic E-state index is 0.0809. The van der Waals surface area contributed by atoms with Crippen LogP contribution in [0.1, 0.15) is 44.8 Å². The fourth-order valence-electron chi connectivity index (χ4n) is 2.55. The zero-order chi connectivity index (χ0) is 21.9. The van der Waals surface area contributed by atoms with Crippen molar-refractivity contribution in [3.8, 4) is 5.75 Å². The summed E-state index contributed by atoms with van der Waals surface area (Å²) in [6, 6.07) is 9.57. The molecule has 30 heavy (non-hydrogen) atoms. The van der Waals surface area contributed by atoms with Crippen LogP contribution in [0.4, 0.5) is 5.82 Å². The van der Waals surface area contributed by atoms with Crippen molar-refractivity contribution in [3.63, 3.8) is 0 Å². The van der Waals surface area contributed by atoms with Gasteiger partial charge in [0.05, 0.1) is 5.25 Å². The van der Waals surface area contributed by atoms with E-state index in [0.717, 1.165) is 5.75 Å². The molecule has 0 radical (unpaired) electrons. The van der Waals surface area contributed by atoms with Crippen molar-refractivity contribution in [1.82, 2.24) is 20.0 Å². The molecule has 10 heteroatoms. The average molecular weight is 431 g/mol. The highest BCUT2D eigenvalue weighted by molar-refractivity contribution is 8.00. The lowest BCUT2D eigenvalue weighted by Crippen LogP contribution is -2.24. The minimum Gasteiger partial charge on any atom is -0.486 e. The minimum atomic E-state index is -0.466. The second kappa shape index (κ2) is 8.78. The number of anilines is 1. The molecule has 3 aromatic rings. The smallest absolute Gasteiger partial charge is 0.238 e. The molecule has 2 aromatic heterocycles. The summed E-state index contributed by atoms with van der Waals surface area (Å²) in [5.41, 5.74) is 1.31. The van der Waals surface area contributed by atoms with Gasteiger partial charge in [-0.1, -0.05) is 49.8 Å². The van der Waals surface area contributed by atoms with Crippen molar-refractivity contribution in [3.05, 3.63) is 47.5 Å². The number of hydrogen-bond acceptors (Lipinski definition) is 8. The Morgan fingerprint density at radius 1 is 1.30 bits per heavy atom. The van der Waals surface area contributed by atoms with Gasteiger partial charge in [-0.05, 0) is 37.0 Å². The van der Waals surface area contributed by atoms with Gasteiger partial charge in [0.25, 0.3) is 0 Å². The number of nitrogens with two attached hydrogens (primary N) is 1. The summed E-state index contributed by atoms with van der Waals surface area (Å²) in [5.74, 6) is 8.00. The van der Waals surface area contributed by atoms with E-state index in [1.54, 1.807) is 19.9 Å². The monoisotopic (exact) mass is 430 g/mol. The van der Waals surface area contributed by atoms with Crippen LogP contribution in [0.15, 0.2) is 40.0 Å². The van der Waals surface area contributed by atoms with Gasteiger partial charge in [-0.2, -0.15) is 0 Å². The van der Waals surface area contributed by atoms with Crippen molar-refractivity contribution in [2.24, 2.45) is 0 Å². The predicted molar refractivity (Wildman–Crippen MR) is 115 cm³/mol. The van der Waals surface area contributed by atoms with Crippen LogP contribution in [-0.4, -0.2) is 31.2 Å². The van der Waals surface area contributed by atoms with Gasteiger partial charge in [-0.25, -0.2) is 4.68 Å². The number of carbonyl (C=O) groups is 1. The molecule has 0 spiro atoms. The molecule has 0 bridgehead atoms. The molecule has 9 nitrogen and oxygen atoms in total. The van der Waals surface area contributed by atoms with Crippen molar-refractivity contribution in [1.29, 1.82) is 0 Å². The van der Waals surface area contributed by atoms with E-state index in [-0.39, 0.29) is 17.9 Å². The first-order valence-electron chi connectivity index (χ1n) is 9.47. The summed E-state index contributed by atoms with van der Waals surface area (Å²) in [7, 11) is 0. The first kappa shape index (κ1) is 21.7. The van der Waals surface area contributed by atoms with Gasteiger partial charge in [0, 0.05) is 6.07 Å².